The van der Waals surface area contributed by atoms with Gasteiger partial charge in [-0.05, 0) is 50.4 Å². The summed E-state index contributed by atoms with van der Waals surface area (Å²) in [6.07, 6.45) is 2.98. The molecule has 1 aliphatic heterocycles. The molecule has 1 N–H and O–H groups in total. The standard InChI is InChI=1S/C19H30N2O3/c1-14(2)9-12-24-17-6-5-15(13-18(17)23-4)19(22)21-10-7-16(20-3)8-11-21/h5-6,13-14,16,20H,7-12H2,1-4H3. The molecule has 1 aromatic rings. The number of piperidine rings is 1. The van der Waals surface area contributed by atoms with Gasteiger partial charge in [0.2, 0.25) is 0 Å². The molecule has 0 spiro atoms. The third-order valence-corrected chi connectivity index (χ3v) is 4.55. The Kier molecular flexibility index (Phi) is 6.91. The summed E-state index contributed by atoms with van der Waals surface area (Å²) >= 11 is 0. The number of ether oxygens (including phenoxy) is 2. The average Bonchev–Trinajstić information content (AvgIpc) is 2.61. The summed E-state index contributed by atoms with van der Waals surface area (Å²) in [5.74, 6) is 1.98. The van der Waals surface area contributed by atoms with Gasteiger partial charge in [-0.15, -0.1) is 0 Å². The highest BCUT2D eigenvalue weighted by Crippen LogP contribution is 2.29. The maximum Gasteiger partial charge on any atom is 0.253 e. The van der Waals surface area contributed by atoms with Crippen molar-refractivity contribution < 1.29 is 14.3 Å². The second kappa shape index (κ2) is 8.92. The van der Waals surface area contributed by atoms with Crippen molar-refractivity contribution in [2.45, 2.75) is 39.2 Å². The van der Waals surface area contributed by atoms with Crippen molar-refractivity contribution in [1.29, 1.82) is 0 Å². The van der Waals surface area contributed by atoms with E-state index in [2.05, 4.69) is 19.2 Å². The van der Waals surface area contributed by atoms with E-state index in [1.54, 1.807) is 13.2 Å². The molecule has 5 nitrogen and oxygen atoms in total. The van der Waals surface area contributed by atoms with E-state index in [0.717, 1.165) is 32.4 Å². The number of amides is 1. The largest absolute Gasteiger partial charge is 0.493 e. The van der Waals surface area contributed by atoms with Gasteiger partial charge in [0, 0.05) is 24.7 Å². The van der Waals surface area contributed by atoms with Crippen LogP contribution in [0.3, 0.4) is 0 Å². The van der Waals surface area contributed by atoms with E-state index in [1.807, 2.05) is 24.1 Å². The lowest BCUT2D eigenvalue weighted by Gasteiger charge is -2.32. The second-order valence-electron chi connectivity index (χ2n) is 6.75. The van der Waals surface area contributed by atoms with Crippen LogP contribution in [0.2, 0.25) is 0 Å². The zero-order valence-corrected chi connectivity index (χ0v) is 15.3. The number of benzene rings is 1. The van der Waals surface area contributed by atoms with Crippen LogP contribution in [-0.4, -0.2) is 50.7 Å². The molecule has 0 unspecified atom stereocenters. The van der Waals surface area contributed by atoms with E-state index in [4.69, 9.17) is 9.47 Å². The van der Waals surface area contributed by atoms with Crippen molar-refractivity contribution in [3.8, 4) is 11.5 Å². The van der Waals surface area contributed by atoms with Crippen LogP contribution in [-0.2, 0) is 0 Å². The molecule has 0 bridgehead atoms. The number of hydrogen-bond donors (Lipinski definition) is 1. The van der Waals surface area contributed by atoms with Crippen LogP contribution in [0.4, 0.5) is 0 Å². The maximum absolute atomic E-state index is 12.7. The van der Waals surface area contributed by atoms with Gasteiger partial charge in [-0.2, -0.15) is 0 Å². The molecular weight excluding hydrogens is 304 g/mol. The van der Waals surface area contributed by atoms with Gasteiger partial charge >= 0.3 is 0 Å². The molecule has 1 heterocycles. The zero-order chi connectivity index (χ0) is 17.5. The molecule has 134 valence electrons. The quantitative estimate of drug-likeness (QED) is 0.833. The monoisotopic (exact) mass is 334 g/mol. The van der Waals surface area contributed by atoms with E-state index < -0.39 is 0 Å². The highest BCUT2D eigenvalue weighted by Gasteiger charge is 2.23. The van der Waals surface area contributed by atoms with Crippen LogP contribution in [0, 0.1) is 5.92 Å². The third kappa shape index (κ3) is 4.87. The maximum atomic E-state index is 12.7. The SMILES string of the molecule is CNC1CCN(C(=O)c2ccc(OCCC(C)C)c(OC)c2)CC1. The number of likely N-dealkylation sites (tertiary alicyclic amines) is 1. The first-order valence-corrected chi connectivity index (χ1v) is 8.82. The van der Waals surface area contributed by atoms with Gasteiger partial charge in [0.15, 0.2) is 11.5 Å². The molecule has 1 aliphatic rings. The number of nitrogens with one attached hydrogen (secondary N) is 1. The molecule has 0 aromatic heterocycles. The van der Waals surface area contributed by atoms with Gasteiger partial charge in [-0.3, -0.25) is 4.79 Å². The van der Waals surface area contributed by atoms with Crippen LogP contribution >= 0.6 is 0 Å². The summed E-state index contributed by atoms with van der Waals surface area (Å²) in [7, 11) is 3.59. The molecule has 0 atom stereocenters. The lowest BCUT2D eigenvalue weighted by molar-refractivity contribution is 0.0707. The van der Waals surface area contributed by atoms with Gasteiger partial charge in [0.25, 0.3) is 5.91 Å². The summed E-state index contributed by atoms with van der Waals surface area (Å²) in [6, 6.07) is 5.98. The number of carbonyl (C=O) groups excluding carboxylic acids is 1. The number of methoxy groups -OCH3 is 1. The van der Waals surface area contributed by atoms with Crippen molar-refractivity contribution in [3.05, 3.63) is 23.8 Å². The van der Waals surface area contributed by atoms with E-state index in [0.29, 0.717) is 35.6 Å². The first-order valence-electron chi connectivity index (χ1n) is 8.82. The Labute approximate surface area is 145 Å². The number of carbonyl (C=O) groups is 1. The predicted octanol–water partition coefficient (Wildman–Crippen LogP) is 2.94. The van der Waals surface area contributed by atoms with Crippen LogP contribution < -0.4 is 14.8 Å². The highest BCUT2D eigenvalue weighted by molar-refractivity contribution is 5.95. The lowest BCUT2D eigenvalue weighted by atomic mass is 10.0. The van der Waals surface area contributed by atoms with Crippen LogP contribution in [0.1, 0.15) is 43.5 Å². The van der Waals surface area contributed by atoms with Crippen LogP contribution in [0.5, 0.6) is 11.5 Å². The minimum Gasteiger partial charge on any atom is -0.493 e. The molecule has 2 rings (SSSR count). The fourth-order valence-corrected chi connectivity index (χ4v) is 2.88. The smallest absolute Gasteiger partial charge is 0.253 e. The molecule has 24 heavy (non-hydrogen) atoms. The molecule has 0 aliphatic carbocycles. The fourth-order valence-electron chi connectivity index (χ4n) is 2.88. The summed E-state index contributed by atoms with van der Waals surface area (Å²) in [5.41, 5.74) is 0.658. The van der Waals surface area contributed by atoms with Crippen molar-refractivity contribution in [1.82, 2.24) is 10.2 Å². The van der Waals surface area contributed by atoms with Crippen molar-refractivity contribution >= 4 is 5.91 Å². The highest BCUT2D eigenvalue weighted by atomic mass is 16.5. The van der Waals surface area contributed by atoms with Gasteiger partial charge in [-0.25, -0.2) is 0 Å². The zero-order valence-electron chi connectivity index (χ0n) is 15.3. The summed E-state index contributed by atoms with van der Waals surface area (Å²) in [4.78, 5) is 14.6. The van der Waals surface area contributed by atoms with Crippen molar-refractivity contribution in [2.24, 2.45) is 5.92 Å². The molecule has 5 heteroatoms. The van der Waals surface area contributed by atoms with Crippen LogP contribution in [0.15, 0.2) is 18.2 Å². The Balaban J connectivity index is 2.01. The molecule has 1 saturated heterocycles. The molecule has 1 amide bonds. The lowest BCUT2D eigenvalue weighted by Crippen LogP contribution is -2.43. The normalized spacial score (nSPS) is 15.6. The minimum absolute atomic E-state index is 0.0663. The van der Waals surface area contributed by atoms with E-state index in [9.17, 15) is 4.79 Å². The molecule has 0 saturated carbocycles. The second-order valence-corrected chi connectivity index (χ2v) is 6.75. The Hall–Kier alpha value is -1.75. The van der Waals surface area contributed by atoms with Gasteiger partial charge in [-0.1, -0.05) is 13.8 Å². The first-order chi connectivity index (χ1) is 11.5. The first kappa shape index (κ1) is 18.6. The van der Waals surface area contributed by atoms with E-state index in [-0.39, 0.29) is 5.91 Å². The average molecular weight is 334 g/mol. The predicted molar refractivity (Wildman–Crippen MR) is 95.9 cm³/mol. The van der Waals surface area contributed by atoms with Gasteiger partial charge < -0.3 is 19.7 Å². The van der Waals surface area contributed by atoms with E-state index >= 15 is 0 Å². The minimum atomic E-state index is 0.0663. The Morgan fingerprint density at radius 2 is 2.00 bits per heavy atom. The Bertz CT molecular complexity index is 537. The van der Waals surface area contributed by atoms with Crippen molar-refractivity contribution in [3.63, 3.8) is 0 Å². The van der Waals surface area contributed by atoms with Crippen LogP contribution in [0.25, 0.3) is 0 Å². The van der Waals surface area contributed by atoms with E-state index in [1.165, 1.54) is 0 Å². The molecule has 0 radical (unpaired) electrons. The summed E-state index contributed by atoms with van der Waals surface area (Å²) < 4.78 is 11.2. The summed E-state index contributed by atoms with van der Waals surface area (Å²) in [5, 5.41) is 3.28. The number of rotatable bonds is 7. The van der Waals surface area contributed by atoms with Crippen molar-refractivity contribution in [2.75, 3.05) is 33.9 Å². The number of nitrogens with zero attached hydrogens (tertiary/aromatic N) is 1. The molecular formula is C19H30N2O3. The Morgan fingerprint density at radius 3 is 2.58 bits per heavy atom. The summed E-state index contributed by atoms with van der Waals surface area (Å²) in [6.45, 7) is 6.57. The van der Waals surface area contributed by atoms with Gasteiger partial charge in [0.05, 0.1) is 13.7 Å². The fraction of sp³-hybridized carbons (Fsp3) is 0.632. The van der Waals surface area contributed by atoms with Gasteiger partial charge in [0.1, 0.15) is 0 Å². The number of hydrogen-bond acceptors (Lipinski definition) is 4. The molecule has 1 aromatic carbocycles. The Morgan fingerprint density at radius 1 is 1.29 bits per heavy atom. The third-order valence-electron chi connectivity index (χ3n) is 4.55. The molecule has 1 fully saturated rings. The topological polar surface area (TPSA) is 50.8 Å².